The van der Waals surface area contributed by atoms with Crippen molar-refractivity contribution in [2.24, 2.45) is 0 Å². The molecular formula is C15H34NO+. The predicted octanol–water partition coefficient (Wildman–Crippen LogP) is 3.58. The van der Waals surface area contributed by atoms with Crippen molar-refractivity contribution in [3.63, 3.8) is 0 Å². The lowest BCUT2D eigenvalue weighted by molar-refractivity contribution is -0.893. The van der Waals surface area contributed by atoms with Crippen LogP contribution in [0.5, 0.6) is 0 Å². The summed E-state index contributed by atoms with van der Waals surface area (Å²) in [6.45, 7) is 6.21. The lowest BCUT2D eigenvalue weighted by Crippen LogP contribution is -2.45. The first-order chi connectivity index (χ1) is 7.98. The minimum atomic E-state index is -0.181. The van der Waals surface area contributed by atoms with Crippen molar-refractivity contribution in [3.05, 3.63) is 0 Å². The van der Waals surface area contributed by atoms with Gasteiger partial charge in [0.1, 0.15) is 12.6 Å². The van der Waals surface area contributed by atoms with E-state index in [1.165, 1.54) is 57.9 Å². The van der Waals surface area contributed by atoms with E-state index in [-0.39, 0.29) is 6.10 Å². The van der Waals surface area contributed by atoms with Crippen LogP contribution >= 0.6 is 0 Å². The lowest BCUT2D eigenvalue weighted by Gasteiger charge is -2.31. The Bertz CT molecular complexity index is 166. The lowest BCUT2D eigenvalue weighted by atomic mass is 10.1. The Hall–Kier alpha value is -0.0800. The zero-order chi connectivity index (χ0) is 13.1. The van der Waals surface area contributed by atoms with E-state index in [1.54, 1.807) is 0 Å². The smallest absolute Gasteiger partial charge is 0.104 e. The second-order valence-electron chi connectivity index (χ2n) is 6.17. The SMILES string of the molecule is CCCCCCCCCC[N+](C)(C)CC(C)O. The Morgan fingerprint density at radius 1 is 0.882 bits per heavy atom. The van der Waals surface area contributed by atoms with Crippen LogP contribution in [0.4, 0.5) is 0 Å². The van der Waals surface area contributed by atoms with Gasteiger partial charge in [-0.3, -0.25) is 0 Å². The summed E-state index contributed by atoms with van der Waals surface area (Å²) in [6, 6.07) is 0. The van der Waals surface area contributed by atoms with Gasteiger partial charge in [0.25, 0.3) is 0 Å². The van der Waals surface area contributed by atoms with Crippen LogP contribution in [0.2, 0.25) is 0 Å². The van der Waals surface area contributed by atoms with Crippen molar-refractivity contribution in [1.29, 1.82) is 0 Å². The average molecular weight is 244 g/mol. The number of unbranched alkanes of at least 4 members (excludes halogenated alkanes) is 7. The molecule has 17 heavy (non-hydrogen) atoms. The molecule has 0 aliphatic heterocycles. The van der Waals surface area contributed by atoms with Crippen molar-refractivity contribution in [2.75, 3.05) is 27.2 Å². The fraction of sp³-hybridized carbons (Fsp3) is 1.00. The summed E-state index contributed by atoms with van der Waals surface area (Å²) in [5.41, 5.74) is 0. The number of likely N-dealkylation sites (N-methyl/N-ethyl adjacent to an activating group) is 1. The number of hydrogen-bond donors (Lipinski definition) is 1. The maximum atomic E-state index is 9.40. The Kier molecular flexibility index (Phi) is 9.85. The van der Waals surface area contributed by atoms with Crippen molar-refractivity contribution >= 4 is 0 Å². The zero-order valence-electron chi connectivity index (χ0n) is 12.5. The second kappa shape index (κ2) is 9.90. The van der Waals surface area contributed by atoms with Crippen molar-refractivity contribution in [2.45, 2.75) is 71.3 Å². The fourth-order valence-corrected chi connectivity index (χ4v) is 2.48. The van der Waals surface area contributed by atoms with E-state index in [9.17, 15) is 5.11 Å². The van der Waals surface area contributed by atoms with Crippen LogP contribution in [0.15, 0.2) is 0 Å². The molecule has 0 amide bonds. The number of nitrogens with zero attached hydrogens (tertiary/aromatic N) is 1. The molecule has 0 aromatic carbocycles. The van der Waals surface area contributed by atoms with Gasteiger partial charge in [-0.15, -0.1) is 0 Å². The Morgan fingerprint density at radius 2 is 1.35 bits per heavy atom. The first-order valence-corrected chi connectivity index (χ1v) is 7.48. The zero-order valence-corrected chi connectivity index (χ0v) is 12.5. The molecule has 0 aliphatic carbocycles. The van der Waals surface area contributed by atoms with Crippen LogP contribution in [-0.2, 0) is 0 Å². The normalized spacial score (nSPS) is 13.9. The van der Waals surface area contributed by atoms with Crippen LogP contribution in [0, 0.1) is 0 Å². The molecule has 1 atom stereocenters. The average Bonchev–Trinajstić information content (AvgIpc) is 2.20. The third-order valence-corrected chi connectivity index (χ3v) is 3.38. The highest BCUT2D eigenvalue weighted by atomic mass is 16.3. The van der Waals surface area contributed by atoms with Crippen molar-refractivity contribution < 1.29 is 9.59 Å². The third-order valence-electron chi connectivity index (χ3n) is 3.38. The molecule has 0 saturated heterocycles. The highest BCUT2D eigenvalue weighted by Crippen LogP contribution is 2.10. The Labute approximate surface area is 109 Å². The molecule has 104 valence electrons. The third kappa shape index (κ3) is 12.2. The molecule has 0 aromatic heterocycles. The Balaban J connectivity index is 3.32. The molecule has 1 unspecified atom stereocenters. The number of rotatable bonds is 11. The maximum absolute atomic E-state index is 9.40. The van der Waals surface area contributed by atoms with E-state index in [4.69, 9.17) is 0 Å². The van der Waals surface area contributed by atoms with Gasteiger partial charge in [0.15, 0.2) is 0 Å². The van der Waals surface area contributed by atoms with E-state index >= 15 is 0 Å². The molecule has 0 heterocycles. The van der Waals surface area contributed by atoms with Crippen LogP contribution in [0.1, 0.15) is 65.2 Å². The standard InChI is InChI=1S/C15H34NO/c1-5-6-7-8-9-10-11-12-13-16(3,4)14-15(2)17/h15,17H,5-14H2,1-4H3/q+1. The molecular weight excluding hydrogens is 210 g/mol. The second-order valence-corrected chi connectivity index (χ2v) is 6.17. The van der Waals surface area contributed by atoms with Gasteiger partial charge in [0, 0.05) is 0 Å². The topological polar surface area (TPSA) is 20.2 Å². The van der Waals surface area contributed by atoms with Crippen molar-refractivity contribution in [1.82, 2.24) is 0 Å². The highest BCUT2D eigenvalue weighted by molar-refractivity contribution is 4.48. The van der Waals surface area contributed by atoms with Crippen LogP contribution < -0.4 is 0 Å². The monoisotopic (exact) mass is 244 g/mol. The van der Waals surface area contributed by atoms with Gasteiger partial charge < -0.3 is 9.59 Å². The summed E-state index contributed by atoms with van der Waals surface area (Å²) in [4.78, 5) is 0. The Morgan fingerprint density at radius 3 is 1.82 bits per heavy atom. The maximum Gasteiger partial charge on any atom is 0.104 e. The first kappa shape index (κ1) is 16.9. The summed E-state index contributed by atoms with van der Waals surface area (Å²) in [5.74, 6) is 0. The van der Waals surface area contributed by atoms with E-state index in [0.29, 0.717) is 0 Å². The molecule has 0 rings (SSSR count). The molecule has 0 aliphatic rings. The molecule has 1 N–H and O–H groups in total. The first-order valence-electron chi connectivity index (χ1n) is 7.48. The summed E-state index contributed by atoms with van der Waals surface area (Å²) in [7, 11) is 4.43. The van der Waals surface area contributed by atoms with E-state index < -0.39 is 0 Å². The van der Waals surface area contributed by atoms with Gasteiger partial charge in [-0.2, -0.15) is 0 Å². The minimum absolute atomic E-state index is 0.181. The quantitative estimate of drug-likeness (QED) is 0.435. The molecule has 0 spiro atoms. The number of aliphatic hydroxyl groups is 1. The van der Waals surface area contributed by atoms with Gasteiger partial charge in [0.05, 0.1) is 20.6 Å². The molecule has 0 bridgehead atoms. The van der Waals surface area contributed by atoms with Crippen LogP contribution in [0.3, 0.4) is 0 Å². The van der Waals surface area contributed by atoms with Gasteiger partial charge in [-0.05, 0) is 19.8 Å². The van der Waals surface area contributed by atoms with Crippen LogP contribution in [0.25, 0.3) is 0 Å². The summed E-state index contributed by atoms with van der Waals surface area (Å²) in [5, 5.41) is 9.40. The molecule has 0 saturated carbocycles. The number of hydrogen-bond acceptors (Lipinski definition) is 1. The van der Waals surface area contributed by atoms with E-state index in [0.717, 1.165) is 11.0 Å². The van der Waals surface area contributed by atoms with Gasteiger partial charge in [0.2, 0.25) is 0 Å². The summed E-state index contributed by atoms with van der Waals surface area (Å²) < 4.78 is 0.952. The number of aliphatic hydroxyl groups excluding tert-OH is 1. The van der Waals surface area contributed by atoms with Crippen molar-refractivity contribution in [3.8, 4) is 0 Å². The molecule has 0 fully saturated rings. The highest BCUT2D eigenvalue weighted by Gasteiger charge is 2.16. The van der Waals surface area contributed by atoms with E-state index in [1.807, 2.05) is 6.92 Å². The molecule has 2 heteroatoms. The summed E-state index contributed by atoms with van der Waals surface area (Å²) in [6.07, 6.45) is 10.8. The minimum Gasteiger partial charge on any atom is -0.388 e. The largest absolute Gasteiger partial charge is 0.388 e. The van der Waals surface area contributed by atoms with Crippen LogP contribution in [-0.4, -0.2) is 42.9 Å². The molecule has 0 radical (unpaired) electrons. The van der Waals surface area contributed by atoms with E-state index in [2.05, 4.69) is 21.0 Å². The summed E-state index contributed by atoms with van der Waals surface area (Å²) >= 11 is 0. The fourth-order valence-electron chi connectivity index (χ4n) is 2.48. The molecule has 2 nitrogen and oxygen atoms in total. The van der Waals surface area contributed by atoms with Gasteiger partial charge in [-0.1, -0.05) is 45.4 Å². The number of quaternary nitrogens is 1. The molecule has 0 aromatic rings. The predicted molar refractivity (Wildman–Crippen MR) is 76.1 cm³/mol. The van der Waals surface area contributed by atoms with Gasteiger partial charge >= 0.3 is 0 Å². The van der Waals surface area contributed by atoms with Gasteiger partial charge in [-0.25, -0.2) is 0 Å².